The molecule has 1 atom stereocenters. The third kappa shape index (κ3) is 4.63. The van der Waals surface area contributed by atoms with E-state index in [0.717, 1.165) is 10.4 Å². The van der Waals surface area contributed by atoms with Crippen molar-refractivity contribution >= 4 is 34.8 Å². The van der Waals surface area contributed by atoms with E-state index in [1.807, 2.05) is 53.6 Å². The van der Waals surface area contributed by atoms with Crippen molar-refractivity contribution in [3.8, 4) is 0 Å². The molecule has 0 saturated carbocycles. The largest absolute Gasteiger partial charge is 0.348 e. The molecular formula is C19H22ClN3O2S. The molecule has 1 unspecified atom stereocenters. The minimum Gasteiger partial charge on any atom is -0.348 e. The number of benzene rings is 1. The number of amides is 2. The van der Waals surface area contributed by atoms with Crippen molar-refractivity contribution in [3.05, 3.63) is 57.2 Å². The molecule has 0 aliphatic carbocycles. The Morgan fingerprint density at radius 1 is 1.15 bits per heavy atom. The predicted molar refractivity (Wildman–Crippen MR) is 105 cm³/mol. The molecule has 0 radical (unpaired) electrons. The molecule has 26 heavy (non-hydrogen) atoms. The second-order valence-corrected chi connectivity index (χ2v) is 7.71. The number of halogens is 1. The fraction of sp³-hybridized carbons (Fsp3) is 0.368. The van der Waals surface area contributed by atoms with Crippen LogP contribution in [-0.4, -0.2) is 54.3 Å². The van der Waals surface area contributed by atoms with E-state index in [2.05, 4.69) is 10.2 Å². The van der Waals surface area contributed by atoms with E-state index >= 15 is 0 Å². The molecule has 0 spiro atoms. The van der Waals surface area contributed by atoms with Crippen LogP contribution >= 0.6 is 22.9 Å². The Kier molecular flexibility index (Phi) is 6.29. The lowest BCUT2D eigenvalue weighted by Gasteiger charge is -2.34. The first-order chi connectivity index (χ1) is 12.5. The quantitative estimate of drug-likeness (QED) is 0.852. The molecule has 1 N–H and O–H groups in total. The first kappa shape index (κ1) is 18.9. The van der Waals surface area contributed by atoms with Gasteiger partial charge in [0.05, 0.1) is 17.5 Å². The van der Waals surface area contributed by atoms with Crippen LogP contribution < -0.4 is 5.32 Å². The Labute approximate surface area is 162 Å². The zero-order valence-electron chi connectivity index (χ0n) is 14.7. The molecule has 1 aliphatic rings. The van der Waals surface area contributed by atoms with E-state index in [9.17, 15) is 9.59 Å². The highest BCUT2D eigenvalue weighted by Crippen LogP contribution is 2.22. The van der Waals surface area contributed by atoms with Gasteiger partial charge in [0.2, 0.25) is 5.91 Å². The van der Waals surface area contributed by atoms with Crippen LogP contribution in [0.25, 0.3) is 0 Å². The number of nitrogens with zero attached hydrogens (tertiary/aromatic N) is 2. The summed E-state index contributed by atoms with van der Waals surface area (Å²) >= 11 is 7.65. The summed E-state index contributed by atoms with van der Waals surface area (Å²) in [5, 5.41) is 5.56. The van der Waals surface area contributed by atoms with Crippen LogP contribution in [-0.2, 0) is 4.79 Å². The van der Waals surface area contributed by atoms with Gasteiger partial charge in [0.15, 0.2) is 0 Å². The van der Waals surface area contributed by atoms with Gasteiger partial charge in [-0.05, 0) is 30.0 Å². The van der Waals surface area contributed by atoms with E-state index in [1.165, 1.54) is 11.3 Å². The fourth-order valence-electron chi connectivity index (χ4n) is 3.06. The lowest BCUT2D eigenvalue weighted by Crippen LogP contribution is -2.51. The Hall–Kier alpha value is -1.89. The Morgan fingerprint density at radius 2 is 1.88 bits per heavy atom. The molecule has 1 fully saturated rings. The van der Waals surface area contributed by atoms with E-state index < -0.39 is 0 Å². The summed E-state index contributed by atoms with van der Waals surface area (Å²) in [5.41, 5.74) is 0.911. The third-order valence-corrected chi connectivity index (χ3v) is 5.71. The first-order valence-corrected chi connectivity index (χ1v) is 9.89. The summed E-state index contributed by atoms with van der Waals surface area (Å²) in [7, 11) is 0. The minimum absolute atomic E-state index is 0.0320. The number of thiophene rings is 1. The molecule has 138 valence electrons. The molecule has 2 aromatic rings. The molecule has 0 bridgehead atoms. The van der Waals surface area contributed by atoms with Gasteiger partial charge in [-0.15, -0.1) is 11.3 Å². The van der Waals surface area contributed by atoms with Crippen molar-refractivity contribution in [3.63, 3.8) is 0 Å². The molecule has 1 aromatic heterocycles. The molecule has 1 saturated heterocycles. The lowest BCUT2D eigenvalue weighted by molar-refractivity contribution is -0.123. The van der Waals surface area contributed by atoms with Gasteiger partial charge < -0.3 is 10.2 Å². The Bertz CT molecular complexity index is 758. The van der Waals surface area contributed by atoms with Gasteiger partial charge in [0.1, 0.15) is 0 Å². The van der Waals surface area contributed by atoms with E-state index in [-0.39, 0.29) is 17.9 Å². The van der Waals surface area contributed by atoms with Gasteiger partial charge in [-0.1, -0.05) is 35.9 Å². The maximum absolute atomic E-state index is 12.4. The van der Waals surface area contributed by atoms with Crippen LogP contribution in [0.2, 0.25) is 5.02 Å². The number of hydrogen-bond acceptors (Lipinski definition) is 4. The maximum atomic E-state index is 12.4. The van der Waals surface area contributed by atoms with Crippen molar-refractivity contribution in [1.29, 1.82) is 0 Å². The molecule has 1 aromatic carbocycles. The predicted octanol–water partition coefficient (Wildman–Crippen LogP) is 3.04. The monoisotopic (exact) mass is 391 g/mol. The normalized spacial score (nSPS) is 16.3. The number of carbonyl (C=O) groups is 2. The summed E-state index contributed by atoms with van der Waals surface area (Å²) in [6, 6.07) is 11.1. The van der Waals surface area contributed by atoms with Gasteiger partial charge in [-0.25, -0.2) is 0 Å². The zero-order chi connectivity index (χ0) is 18.5. The highest BCUT2D eigenvalue weighted by atomic mass is 35.5. The van der Waals surface area contributed by atoms with Crippen molar-refractivity contribution < 1.29 is 9.59 Å². The number of hydrogen-bond donors (Lipinski definition) is 1. The topological polar surface area (TPSA) is 52.7 Å². The fourth-order valence-corrected chi connectivity index (χ4v) is 4.05. The number of carbonyl (C=O) groups excluding carboxylic acids is 2. The molecule has 2 heterocycles. The molecule has 2 amide bonds. The van der Waals surface area contributed by atoms with E-state index in [0.29, 0.717) is 37.7 Å². The second kappa shape index (κ2) is 8.66. The van der Waals surface area contributed by atoms with Crippen LogP contribution in [0.4, 0.5) is 0 Å². The average molecular weight is 392 g/mol. The molecule has 1 aliphatic heterocycles. The summed E-state index contributed by atoms with van der Waals surface area (Å²) < 4.78 is 0. The smallest absolute Gasteiger partial charge is 0.264 e. The number of nitrogens with one attached hydrogen (secondary N) is 1. The van der Waals surface area contributed by atoms with Crippen molar-refractivity contribution in [2.24, 2.45) is 0 Å². The average Bonchev–Trinajstić information content (AvgIpc) is 3.16. The highest BCUT2D eigenvalue weighted by Gasteiger charge is 2.24. The molecule has 7 heteroatoms. The van der Waals surface area contributed by atoms with Crippen LogP contribution in [0, 0.1) is 0 Å². The summed E-state index contributed by atoms with van der Waals surface area (Å²) in [4.78, 5) is 29.4. The number of rotatable bonds is 5. The summed E-state index contributed by atoms with van der Waals surface area (Å²) in [5.74, 6) is 0.0481. The summed E-state index contributed by atoms with van der Waals surface area (Å²) in [6.07, 6.45) is 0. The third-order valence-electron chi connectivity index (χ3n) is 4.51. The van der Waals surface area contributed by atoms with E-state index in [1.54, 1.807) is 0 Å². The van der Waals surface area contributed by atoms with Crippen LogP contribution in [0.5, 0.6) is 0 Å². The van der Waals surface area contributed by atoms with Crippen molar-refractivity contribution in [2.75, 3.05) is 32.7 Å². The molecule has 3 rings (SSSR count). The van der Waals surface area contributed by atoms with Gasteiger partial charge in [0, 0.05) is 31.2 Å². The van der Waals surface area contributed by atoms with Crippen molar-refractivity contribution in [1.82, 2.24) is 15.1 Å². The summed E-state index contributed by atoms with van der Waals surface area (Å²) in [6.45, 7) is 4.94. The van der Waals surface area contributed by atoms with Crippen LogP contribution in [0.15, 0.2) is 41.8 Å². The van der Waals surface area contributed by atoms with Crippen LogP contribution in [0.1, 0.15) is 28.2 Å². The maximum Gasteiger partial charge on any atom is 0.264 e. The zero-order valence-corrected chi connectivity index (χ0v) is 16.2. The SMILES string of the molecule is CC(NC(=O)CN1CCN(C(=O)c2cccs2)CC1)c1ccccc1Cl. The molecule has 5 nitrogen and oxygen atoms in total. The minimum atomic E-state index is -0.141. The van der Waals surface area contributed by atoms with Crippen LogP contribution in [0.3, 0.4) is 0 Å². The second-order valence-electron chi connectivity index (χ2n) is 6.36. The Morgan fingerprint density at radius 3 is 2.54 bits per heavy atom. The van der Waals surface area contributed by atoms with Gasteiger partial charge >= 0.3 is 0 Å². The Balaban J connectivity index is 1.46. The highest BCUT2D eigenvalue weighted by molar-refractivity contribution is 7.12. The van der Waals surface area contributed by atoms with Gasteiger partial charge in [0.25, 0.3) is 5.91 Å². The van der Waals surface area contributed by atoms with E-state index in [4.69, 9.17) is 11.6 Å². The molecular weight excluding hydrogens is 370 g/mol. The van der Waals surface area contributed by atoms with Crippen molar-refractivity contribution in [2.45, 2.75) is 13.0 Å². The van der Waals surface area contributed by atoms with Gasteiger partial charge in [-0.3, -0.25) is 14.5 Å². The van der Waals surface area contributed by atoms with Gasteiger partial charge in [-0.2, -0.15) is 0 Å². The lowest BCUT2D eigenvalue weighted by atomic mass is 10.1. The standard InChI is InChI=1S/C19H22ClN3O2S/c1-14(15-5-2-3-6-16(15)20)21-18(24)13-22-8-10-23(11-9-22)19(25)17-7-4-12-26-17/h2-7,12,14H,8-11,13H2,1H3,(H,21,24). The first-order valence-electron chi connectivity index (χ1n) is 8.63. The number of piperazine rings is 1.